The van der Waals surface area contributed by atoms with E-state index in [0.717, 1.165) is 50.6 Å². The Kier molecular flexibility index (Phi) is 5.57. The number of amides is 1. The smallest absolute Gasteiger partial charge is 0.253 e. The average Bonchev–Trinajstić information content (AvgIpc) is 3.09. The van der Waals surface area contributed by atoms with Crippen LogP contribution in [0, 0.1) is 5.41 Å². The Morgan fingerprint density at radius 3 is 2.92 bits per heavy atom. The summed E-state index contributed by atoms with van der Waals surface area (Å²) in [7, 11) is 1.70. The molecule has 1 atom stereocenters. The van der Waals surface area contributed by atoms with Crippen molar-refractivity contribution >= 4 is 5.91 Å². The molecule has 0 unspecified atom stereocenters. The first kappa shape index (κ1) is 17.4. The number of carbonyl (C=O) groups excluding carboxylic acids is 1. The van der Waals surface area contributed by atoms with Crippen molar-refractivity contribution in [3.63, 3.8) is 0 Å². The SMILES string of the molecule is COCCC[C@]1(CO)CCCN(C(=O)c2ccc3c(c2)CCC3)C1. The summed E-state index contributed by atoms with van der Waals surface area (Å²) in [6, 6.07) is 6.19. The lowest BCUT2D eigenvalue weighted by molar-refractivity contribution is 0.0180. The number of rotatable bonds is 6. The number of aliphatic hydroxyl groups excluding tert-OH is 1. The monoisotopic (exact) mass is 331 g/mol. The molecule has 4 heteroatoms. The standard InChI is InChI=1S/C20H29NO3/c1-24-12-4-10-20(15-22)9-3-11-21(14-20)19(23)18-8-7-16-5-2-6-17(16)13-18/h7-8,13,22H,2-6,9-12,14-15H2,1H3/t20-/m1/s1. The molecular weight excluding hydrogens is 302 g/mol. The maximum Gasteiger partial charge on any atom is 0.253 e. The lowest BCUT2D eigenvalue weighted by atomic mass is 9.77. The number of ether oxygens (including phenoxy) is 1. The zero-order valence-corrected chi connectivity index (χ0v) is 14.7. The largest absolute Gasteiger partial charge is 0.396 e. The van der Waals surface area contributed by atoms with Gasteiger partial charge in [0.05, 0.1) is 6.61 Å². The number of hydrogen-bond acceptors (Lipinski definition) is 3. The van der Waals surface area contributed by atoms with Crippen LogP contribution in [0.5, 0.6) is 0 Å². The maximum absolute atomic E-state index is 13.0. The fraction of sp³-hybridized carbons (Fsp3) is 0.650. The highest BCUT2D eigenvalue weighted by atomic mass is 16.5. The summed E-state index contributed by atoms with van der Waals surface area (Å²) in [5.41, 5.74) is 3.38. The molecule has 0 aromatic heterocycles. The van der Waals surface area contributed by atoms with Crippen molar-refractivity contribution in [1.82, 2.24) is 4.90 Å². The van der Waals surface area contributed by atoms with Gasteiger partial charge < -0.3 is 14.7 Å². The van der Waals surface area contributed by atoms with Gasteiger partial charge in [-0.2, -0.15) is 0 Å². The van der Waals surface area contributed by atoms with E-state index in [0.29, 0.717) is 13.2 Å². The van der Waals surface area contributed by atoms with E-state index in [-0.39, 0.29) is 17.9 Å². The number of piperidine rings is 1. The number of carbonyl (C=O) groups is 1. The minimum atomic E-state index is -0.164. The number of hydrogen-bond donors (Lipinski definition) is 1. The van der Waals surface area contributed by atoms with E-state index in [1.54, 1.807) is 7.11 Å². The summed E-state index contributed by atoms with van der Waals surface area (Å²) in [4.78, 5) is 14.9. The first-order valence-electron chi connectivity index (χ1n) is 9.18. The van der Waals surface area contributed by atoms with Crippen LogP contribution in [-0.4, -0.2) is 49.3 Å². The van der Waals surface area contributed by atoms with Crippen LogP contribution < -0.4 is 0 Å². The molecule has 1 amide bonds. The molecule has 3 rings (SSSR count). The van der Waals surface area contributed by atoms with Gasteiger partial charge >= 0.3 is 0 Å². The summed E-state index contributed by atoms with van der Waals surface area (Å²) in [6.07, 6.45) is 7.22. The molecule has 1 heterocycles. The van der Waals surface area contributed by atoms with E-state index in [1.807, 2.05) is 11.0 Å². The Balaban J connectivity index is 1.70. The zero-order chi connectivity index (χ0) is 17.0. The van der Waals surface area contributed by atoms with Crippen LogP contribution in [0.25, 0.3) is 0 Å². The summed E-state index contributed by atoms with van der Waals surface area (Å²) in [6.45, 7) is 2.30. The third kappa shape index (κ3) is 3.65. The van der Waals surface area contributed by atoms with Crippen molar-refractivity contribution in [2.75, 3.05) is 33.4 Å². The van der Waals surface area contributed by atoms with E-state index < -0.39 is 0 Å². The van der Waals surface area contributed by atoms with Gasteiger partial charge in [-0.3, -0.25) is 4.79 Å². The molecule has 2 aliphatic rings. The van der Waals surface area contributed by atoms with Crippen molar-refractivity contribution in [2.45, 2.75) is 44.9 Å². The van der Waals surface area contributed by atoms with Crippen LogP contribution in [0.2, 0.25) is 0 Å². The Hall–Kier alpha value is -1.39. The minimum absolute atomic E-state index is 0.119. The third-order valence-corrected chi connectivity index (χ3v) is 5.69. The number of nitrogens with zero attached hydrogens (tertiary/aromatic N) is 1. The third-order valence-electron chi connectivity index (χ3n) is 5.69. The second-order valence-corrected chi connectivity index (χ2v) is 7.42. The lowest BCUT2D eigenvalue weighted by Gasteiger charge is -2.42. The van der Waals surface area contributed by atoms with Gasteiger partial charge in [0.15, 0.2) is 0 Å². The Morgan fingerprint density at radius 2 is 2.12 bits per heavy atom. The molecule has 4 nitrogen and oxygen atoms in total. The van der Waals surface area contributed by atoms with E-state index >= 15 is 0 Å². The van der Waals surface area contributed by atoms with Crippen molar-refractivity contribution in [2.24, 2.45) is 5.41 Å². The molecular formula is C20H29NO3. The molecule has 132 valence electrons. The van der Waals surface area contributed by atoms with E-state index in [1.165, 1.54) is 17.5 Å². The van der Waals surface area contributed by atoms with Crippen LogP contribution in [-0.2, 0) is 17.6 Å². The molecule has 0 bridgehead atoms. The summed E-state index contributed by atoms with van der Waals surface area (Å²) in [5.74, 6) is 0.119. The van der Waals surface area contributed by atoms with Gasteiger partial charge in [-0.25, -0.2) is 0 Å². The van der Waals surface area contributed by atoms with Gasteiger partial charge in [0.1, 0.15) is 0 Å². The van der Waals surface area contributed by atoms with Crippen molar-refractivity contribution in [1.29, 1.82) is 0 Å². The van der Waals surface area contributed by atoms with Crippen LogP contribution in [0.15, 0.2) is 18.2 Å². The Bertz CT molecular complexity index is 586. The maximum atomic E-state index is 13.0. The highest BCUT2D eigenvalue weighted by molar-refractivity contribution is 5.94. The van der Waals surface area contributed by atoms with Crippen molar-refractivity contribution in [3.8, 4) is 0 Å². The predicted octanol–water partition coefficient (Wildman–Crippen LogP) is 2.82. The van der Waals surface area contributed by atoms with Gasteiger partial charge in [0.25, 0.3) is 5.91 Å². The molecule has 1 aromatic rings. The highest BCUT2D eigenvalue weighted by Gasteiger charge is 2.36. The first-order valence-corrected chi connectivity index (χ1v) is 9.18. The van der Waals surface area contributed by atoms with Crippen molar-refractivity contribution in [3.05, 3.63) is 34.9 Å². The normalized spacial score (nSPS) is 23.3. The average molecular weight is 331 g/mol. The van der Waals surface area contributed by atoms with Gasteiger partial charge in [-0.05, 0) is 68.2 Å². The molecule has 0 radical (unpaired) electrons. The molecule has 0 saturated carbocycles. The number of likely N-dealkylation sites (tertiary alicyclic amines) is 1. The molecule has 1 aliphatic heterocycles. The first-order chi connectivity index (χ1) is 11.7. The quantitative estimate of drug-likeness (QED) is 0.816. The van der Waals surface area contributed by atoms with Gasteiger partial charge in [-0.15, -0.1) is 0 Å². The van der Waals surface area contributed by atoms with Gasteiger partial charge in [-0.1, -0.05) is 6.07 Å². The fourth-order valence-corrected chi connectivity index (χ4v) is 4.27. The second kappa shape index (κ2) is 7.66. The van der Waals surface area contributed by atoms with Crippen LogP contribution in [0.1, 0.15) is 53.6 Å². The Morgan fingerprint density at radius 1 is 1.29 bits per heavy atom. The van der Waals surface area contributed by atoms with Crippen molar-refractivity contribution < 1.29 is 14.6 Å². The molecule has 1 aromatic carbocycles. The molecule has 1 aliphatic carbocycles. The molecule has 1 saturated heterocycles. The summed E-state index contributed by atoms with van der Waals surface area (Å²) in [5, 5.41) is 9.96. The number of aliphatic hydroxyl groups is 1. The van der Waals surface area contributed by atoms with Crippen LogP contribution in [0.3, 0.4) is 0 Å². The second-order valence-electron chi connectivity index (χ2n) is 7.42. The number of fused-ring (bicyclic) bond motifs is 1. The summed E-state index contributed by atoms with van der Waals surface area (Å²) < 4.78 is 5.15. The number of methoxy groups -OCH3 is 1. The van der Waals surface area contributed by atoms with E-state index in [9.17, 15) is 9.90 Å². The topological polar surface area (TPSA) is 49.8 Å². The molecule has 1 fully saturated rings. The summed E-state index contributed by atoms with van der Waals surface area (Å²) >= 11 is 0. The number of aryl methyl sites for hydroxylation is 2. The highest BCUT2D eigenvalue weighted by Crippen LogP contribution is 2.35. The zero-order valence-electron chi connectivity index (χ0n) is 14.7. The number of benzene rings is 1. The van der Waals surface area contributed by atoms with E-state index in [4.69, 9.17) is 4.74 Å². The molecule has 0 spiro atoms. The van der Waals surface area contributed by atoms with Gasteiger partial charge in [0, 0.05) is 37.8 Å². The predicted molar refractivity (Wildman–Crippen MR) is 94.2 cm³/mol. The van der Waals surface area contributed by atoms with Crippen LogP contribution in [0.4, 0.5) is 0 Å². The molecule has 24 heavy (non-hydrogen) atoms. The van der Waals surface area contributed by atoms with Crippen LogP contribution >= 0.6 is 0 Å². The van der Waals surface area contributed by atoms with Gasteiger partial charge in [0.2, 0.25) is 0 Å². The Labute approximate surface area is 144 Å². The molecule has 1 N–H and O–H groups in total. The lowest BCUT2D eigenvalue weighted by Crippen LogP contribution is -2.48. The van der Waals surface area contributed by atoms with E-state index in [2.05, 4.69) is 12.1 Å². The fourth-order valence-electron chi connectivity index (χ4n) is 4.27. The minimum Gasteiger partial charge on any atom is -0.396 e.